The van der Waals surface area contributed by atoms with E-state index in [-0.39, 0.29) is 6.61 Å². The molecule has 4 nitrogen and oxygen atoms in total. The molecule has 2 aromatic carbocycles. The van der Waals surface area contributed by atoms with Gasteiger partial charge in [-0.15, -0.1) is 11.3 Å². The SMILES string of the molecule is Cc1ccc(-c2ccsc2C(=O)OCc2cc(=O)oc3c(C)c(C)ccc23)cc1. The number of ether oxygens (including phenoxy) is 1. The smallest absolute Gasteiger partial charge is 0.349 e. The molecule has 146 valence electrons. The lowest BCUT2D eigenvalue weighted by Gasteiger charge is -2.10. The molecule has 4 aromatic rings. The van der Waals surface area contributed by atoms with Crippen LogP contribution in [0.25, 0.3) is 22.1 Å². The summed E-state index contributed by atoms with van der Waals surface area (Å²) in [4.78, 5) is 25.3. The van der Waals surface area contributed by atoms with E-state index in [0.29, 0.717) is 16.0 Å². The Morgan fingerprint density at radius 3 is 2.55 bits per heavy atom. The van der Waals surface area contributed by atoms with Crippen LogP contribution in [0.2, 0.25) is 0 Å². The summed E-state index contributed by atoms with van der Waals surface area (Å²) in [6, 6.07) is 15.2. The van der Waals surface area contributed by atoms with Crippen LogP contribution in [-0.4, -0.2) is 5.97 Å². The Hall–Kier alpha value is -3.18. The van der Waals surface area contributed by atoms with Gasteiger partial charge in [0.2, 0.25) is 0 Å². The molecule has 0 N–H and O–H groups in total. The predicted octanol–water partition coefficient (Wildman–Crippen LogP) is 5.80. The summed E-state index contributed by atoms with van der Waals surface area (Å²) < 4.78 is 11.0. The third kappa shape index (κ3) is 3.74. The molecule has 0 unspecified atom stereocenters. The highest BCUT2D eigenvalue weighted by molar-refractivity contribution is 7.12. The number of carbonyl (C=O) groups is 1. The number of hydrogen-bond acceptors (Lipinski definition) is 5. The Morgan fingerprint density at radius 1 is 1.03 bits per heavy atom. The van der Waals surface area contributed by atoms with Crippen molar-refractivity contribution in [3.63, 3.8) is 0 Å². The highest BCUT2D eigenvalue weighted by Gasteiger charge is 2.17. The van der Waals surface area contributed by atoms with Gasteiger partial charge in [-0.25, -0.2) is 9.59 Å². The van der Waals surface area contributed by atoms with Gasteiger partial charge >= 0.3 is 11.6 Å². The number of hydrogen-bond donors (Lipinski definition) is 0. The summed E-state index contributed by atoms with van der Waals surface area (Å²) in [5.41, 5.74) is 5.66. The normalized spacial score (nSPS) is 11.0. The fourth-order valence-corrected chi connectivity index (χ4v) is 4.09. The molecule has 0 atom stereocenters. The number of aryl methyl sites for hydroxylation is 3. The maximum Gasteiger partial charge on any atom is 0.349 e. The fourth-order valence-electron chi connectivity index (χ4n) is 3.28. The molecule has 0 aliphatic heterocycles. The maximum absolute atomic E-state index is 12.8. The van der Waals surface area contributed by atoms with Crippen LogP contribution in [0.15, 0.2) is 63.1 Å². The molecule has 0 saturated carbocycles. The van der Waals surface area contributed by atoms with Crippen LogP contribution in [0.4, 0.5) is 0 Å². The van der Waals surface area contributed by atoms with E-state index >= 15 is 0 Å². The van der Waals surface area contributed by atoms with E-state index in [0.717, 1.165) is 33.2 Å². The molecule has 0 saturated heterocycles. The molecule has 29 heavy (non-hydrogen) atoms. The maximum atomic E-state index is 12.8. The highest BCUT2D eigenvalue weighted by Crippen LogP contribution is 2.30. The van der Waals surface area contributed by atoms with Gasteiger partial charge < -0.3 is 9.15 Å². The number of carbonyl (C=O) groups excluding carboxylic acids is 1. The summed E-state index contributed by atoms with van der Waals surface area (Å²) in [7, 11) is 0. The monoisotopic (exact) mass is 404 g/mol. The third-order valence-corrected chi connectivity index (χ3v) is 5.98. The largest absolute Gasteiger partial charge is 0.457 e. The Morgan fingerprint density at radius 2 is 1.79 bits per heavy atom. The van der Waals surface area contributed by atoms with Gasteiger partial charge in [0, 0.05) is 22.6 Å². The number of esters is 1. The summed E-state index contributed by atoms with van der Waals surface area (Å²) >= 11 is 1.35. The lowest BCUT2D eigenvalue weighted by molar-refractivity contribution is 0.0480. The highest BCUT2D eigenvalue weighted by atomic mass is 32.1. The molecule has 0 radical (unpaired) electrons. The Balaban J connectivity index is 1.62. The molecule has 0 amide bonds. The summed E-state index contributed by atoms with van der Waals surface area (Å²) in [5, 5.41) is 2.66. The predicted molar refractivity (Wildman–Crippen MR) is 116 cm³/mol. The van der Waals surface area contributed by atoms with Gasteiger partial charge in [0.1, 0.15) is 17.1 Å². The zero-order valence-electron chi connectivity index (χ0n) is 16.4. The van der Waals surface area contributed by atoms with Crippen molar-refractivity contribution in [2.24, 2.45) is 0 Å². The molecular weight excluding hydrogens is 384 g/mol. The van der Waals surface area contributed by atoms with Gasteiger partial charge in [-0.1, -0.05) is 42.0 Å². The van der Waals surface area contributed by atoms with E-state index < -0.39 is 11.6 Å². The van der Waals surface area contributed by atoms with Crippen LogP contribution < -0.4 is 5.63 Å². The number of benzene rings is 2. The van der Waals surface area contributed by atoms with Crippen molar-refractivity contribution in [3.05, 3.63) is 91.5 Å². The van der Waals surface area contributed by atoms with Crippen LogP contribution in [0, 0.1) is 20.8 Å². The number of fused-ring (bicyclic) bond motifs is 1. The second kappa shape index (κ2) is 7.68. The minimum atomic E-state index is -0.450. The van der Waals surface area contributed by atoms with Crippen molar-refractivity contribution in [3.8, 4) is 11.1 Å². The average Bonchev–Trinajstić information content (AvgIpc) is 3.19. The van der Waals surface area contributed by atoms with Crippen LogP contribution in [0.5, 0.6) is 0 Å². The minimum absolute atomic E-state index is 0.00860. The third-order valence-electron chi connectivity index (χ3n) is 5.09. The van der Waals surface area contributed by atoms with E-state index in [4.69, 9.17) is 9.15 Å². The molecular formula is C24H20O4S. The van der Waals surface area contributed by atoms with Gasteiger partial charge in [-0.2, -0.15) is 0 Å². The molecule has 5 heteroatoms. The topological polar surface area (TPSA) is 56.5 Å². The average molecular weight is 404 g/mol. The Kier molecular flexibility index (Phi) is 5.07. The van der Waals surface area contributed by atoms with Crippen molar-refractivity contribution in [1.29, 1.82) is 0 Å². The van der Waals surface area contributed by atoms with Gasteiger partial charge in [0.05, 0.1) is 0 Å². The zero-order valence-corrected chi connectivity index (χ0v) is 17.3. The standard InChI is InChI=1S/C24H20O4S/c1-14-4-7-17(8-5-14)20-10-11-29-23(20)24(26)27-13-18-12-21(25)28-22-16(3)15(2)6-9-19(18)22/h4-12H,13H2,1-3H3. The lowest BCUT2D eigenvalue weighted by Crippen LogP contribution is -2.08. The zero-order chi connectivity index (χ0) is 20.5. The van der Waals surface area contributed by atoms with E-state index in [1.54, 1.807) is 0 Å². The first-order valence-electron chi connectivity index (χ1n) is 9.28. The first kappa shape index (κ1) is 19.2. The number of thiophene rings is 1. The first-order chi connectivity index (χ1) is 13.9. The first-order valence-corrected chi connectivity index (χ1v) is 10.2. The summed E-state index contributed by atoms with van der Waals surface area (Å²) in [5.74, 6) is -0.402. The van der Waals surface area contributed by atoms with Crippen LogP contribution in [0.3, 0.4) is 0 Å². The second-order valence-corrected chi connectivity index (χ2v) is 8.00. The van der Waals surface area contributed by atoms with Crippen molar-refractivity contribution >= 4 is 28.3 Å². The lowest BCUT2D eigenvalue weighted by atomic mass is 10.0. The molecule has 0 bridgehead atoms. The minimum Gasteiger partial charge on any atom is -0.457 e. The molecule has 0 aliphatic rings. The van der Waals surface area contributed by atoms with Crippen molar-refractivity contribution in [2.45, 2.75) is 27.4 Å². The molecule has 0 spiro atoms. The van der Waals surface area contributed by atoms with Gasteiger partial charge in [-0.05, 0) is 48.9 Å². The number of rotatable bonds is 4. The quantitative estimate of drug-likeness (QED) is 0.318. The van der Waals surface area contributed by atoms with E-state index in [2.05, 4.69) is 0 Å². The van der Waals surface area contributed by atoms with E-state index in [1.807, 2.05) is 68.6 Å². The van der Waals surface area contributed by atoms with E-state index in [9.17, 15) is 9.59 Å². The summed E-state index contributed by atoms with van der Waals surface area (Å²) in [6.45, 7) is 5.91. The Labute approximate surface area is 172 Å². The molecule has 0 fully saturated rings. The van der Waals surface area contributed by atoms with Crippen molar-refractivity contribution in [2.75, 3.05) is 0 Å². The van der Waals surface area contributed by atoms with Crippen molar-refractivity contribution in [1.82, 2.24) is 0 Å². The fraction of sp³-hybridized carbons (Fsp3) is 0.167. The van der Waals surface area contributed by atoms with Gasteiger partial charge in [-0.3, -0.25) is 0 Å². The molecule has 2 aromatic heterocycles. The van der Waals surface area contributed by atoms with Crippen molar-refractivity contribution < 1.29 is 13.9 Å². The molecule has 2 heterocycles. The van der Waals surface area contributed by atoms with Crippen LogP contribution in [-0.2, 0) is 11.3 Å². The van der Waals surface area contributed by atoms with Gasteiger partial charge in [0.25, 0.3) is 0 Å². The summed E-state index contributed by atoms with van der Waals surface area (Å²) in [6.07, 6.45) is 0. The van der Waals surface area contributed by atoms with E-state index in [1.165, 1.54) is 17.4 Å². The second-order valence-electron chi connectivity index (χ2n) is 7.08. The molecule has 4 rings (SSSR count). The van der Waals surface area contributed by atoms with Crippen LogP contribution >= 0.6 is 11.3 Å². The molecule has 0 aliphatic carbocycles. The van der Waals surface area contributed by atoms with Crippen LogP contribution in [0.1, 0.15) is 31.9 Å². The Bertz CT molecular complexity index is 1260. The van der Waals surface area contributed by atoms with Gasteiger partial charge in [0.15, 0.2) is 0 Å².